The van der Waals surface area contributed by atoms with E-state index in [0.29, 0.717) is 6.04 Å². The van der Waals surface area contributed by atoms with Crippen molar-refractivity contribution in [2.45, 2.75) is 25.3 Å². The van der Waals surface area contributed by atoms with E-state index in [2.05, 4.69) is 54.2 Å². The minimum absolute atomic E-state index is 0.0141. The quantitative estimate of drug-likeness (QED) is 0.876. The molecule has 3 rings (SSSR count). The summed E-state index contributed by atoms with van der Waals surface area (Å²) in [5.74, 6) is 0. The second-order valence-electron chi connectivity index (χ2n) is 4.85. The van der Waals surface area contributed by atoms with Crippen molar-refractivity contribution in [3.63, 3.8) is 0 Å². The predicted octanol–water partition coefficient (Wildman–Crippen LogP) is 3.11. The van der Waals surface area contributed by atoms with Gasteiger partial charge in [0.1, 0.15) is 6.10 Å². The molecule has 0 saturated carbocycles. The first kappa shape index (κ1) is 11.5. The Morgan fingerprint density at radius 3 is 2.56 bits per heavy atom. The van der Waals surface area contributed by atoms with Gasteiger partial charge in [0.15, 0.2) is 6.23 Å². The number of aromatic nitrogens is 1. The van der Waals surface area contributed by atoms with Crippen LogP contribution >= 0.6 is 0 Å². The fourth-order valence-corrected chi connectivity index (χ4v) is 2.57. The fourth-order valence-electron chi connectivity index (χ4n) is 2.57. The first-order valence-corrected chi connectivity index (χ1v) is 6.33. The number of nitrogens with one attached hydrogen (secondary N) is 1. The molecule has 1 N–H and O–H groups in total. The molecule has 3 nitrogen and oxygen atoms in total. The van der Waals surface area contributed by atoms with Gasteiger partial charge in [0.05, 0.1) is 5.69 Å². The van der Waals surface area contributed by atoms with E-state index in [-0.39, 0.29) is 12.3 Å². The number of ether oxygens (including phenoxy) is 1. The van der Waals surface area contributed by atoms with Crippen LogP contribution in [0.2, 0.25) is 0 Å². The Hall–Kier alpha value is -1.58. The maximum absolute atomic E-state index is 6.21. The molecule has 1 saturated heterocycles. The molecule has 0 bridgehead atoms. The lowest BCUT2D eigenvalue weighted by Gasteiger charge is -2.20. The topological polar surface area (TPSA) is 28.3 Å². The Balaban J connectivity index is 1.87. The maximum Gasteiger partial charge on any atom is 0.152 e. The lowest BCUT2D eigenvalue weighted by Crippen LogP contribution is -2.27. The van der Waals surface area contributed by atoms with E-state index in [1.807, 2.05) is 18.3 Å². The van der Waals surface area contributed by atoms with E-state index in [0.717, 1.165) is 5.69 Å². The molecule has 1 aromatic heterocycles. The Morgan fingerprint density at radius 1 is 1.11 bits per heavy atom. The molecule has 1 aliphatic rings. The number of hydrogen-bond acceptors (Lipinski definition) is 2. The zero-order valence-corrected chi connectivity index (χ0v) is 10.7. The molecule has 94 valence electrons. The maximum atomic E-state index is 6.21. The summed E-state index contributed by atoms with van der Waals surface area (Å²) in [6.45, 7) is 2.21. The average Bonchev–Trinajstić information content (AvgIpc) is 3.01. The lowest BCUT2D eigenvalue weighted by atomic mass is 10.0. The summed E-state index contributed by atoms with van der Waals surface area (Å²) >= 11 is 0. The summed E-state index contributed by atoms with van der Waals surface area (Å²) < 4.78 is 6.21. The normalized spacial score (nSPS) is 28.7. The summed E-state index contributed by atoms with van der Waals surface area (Å²) in [4.78, 5) is 5.50. The van der Waals surface area contributed by atoms with Crippen LogP contribution in [-0.4, -0.2) is 23.0 Å². The van der Waals surface area contributed by atoms with Crippen molar-refractivity contribution in [3.8, 4) is 0 Å². The number of likely N-dealkylation sites (N-methyl/N-ethyl adjacent to an activating group) is 1. The Morgan fingerprint density at radius 2 is 1.89 bits per heavy atom. The van der Waals surface area contributed by atoms with Crippen LogP contribution in [0.4, 0.5) is 0 Å². The van der Waals surface area contributed by atoms with Gasteiger partial charge in [0.25, 0.3) is 0 Å². The third kappa shape index (κ3) is 1.85. The van der Waals surface area contributed by atoms with Crippen LogP contribution < -0.4 is 0 Å². The van der Waals surface area contributed by atoms with Gasteiger partial charge in [-0.15, -0.1) is 0 Å². The molecule has 0 aliphatic carbocycles. The van der Waals surface area contributed by atoms with Gasteiger partial charge in [0.2, 0.25) is 0 Å². The minimum Gasteiger partial charge on any atom is -0.362 e. The van der Waals surface area contributed by atoms with Crippen molar-refractivity contribution in [1.29, 1.82) is 0 Å². The molecule has 18 heavy (non-hydrogen) atoms. The Labute approximate surface area is 107 Å². The van der Waals surface area contributed by atoms with Crippen LogP contribution in [0, 0.1) is 0 Å². The summed E-state index contributed by atoms with van der Waals surface area (Å²) in [5, 5.41) is 0. The van der Waals surface area contributed by atoms with Gasteiger partial charge in [-0.3, -0.25) is 4.90 Å². The van der Waals surface area contributed by atoms with Crippen LogP contribution in [0.1, 0.15) is 30.5 Å². The lowest BCUT2D eigenvalue weighted by molar-refractivity contribution is 0.00304. The monoisotopic (exact) mass is 242 g/mol. The number of nitrogens with zero attached hydrogens (tertiary/aromatic N) is 1. The standard InChI is InChI=1S/C15H18N2O/c1-11-14(12-7-4-3-5-8-12)18-15(17(11)2)13-9-6-10-16-13/h3-11,14-16H,1-2H3/t11-,14+,15?/m0/s1. The predicted molar refractivity (Wildman–Crippen MR) is 71.0 cm³/mol. The summed E-state index contributed by atoms with van der Waals surface area (Å²) in [6.07, 6.45) is 2.08. The van der Waals surface area contributed by atoms with Gasteiger partial charge < -0.3 is 9.72 Å². The molecule has 2 heterocycles. The van der Waals surface area contributed by atoms with Crippen molar-refractivity contribution in [2.24, 2.45) is 0 Å². The highest BCUT2D eigenvalue weighted by atomic mass is 16.5. The number of rotatable bonds is 2. The van der Waals surface area contributed by atoms with Crippen LogP contribution in [0.5, 0.6) is 0 Å². The van der Waals surface area contributed by atoms with Gasteiger partial charge >= 0.3 is 0 Å². The Kier molecular flexibility index (Phi) is 2.94. The molecular formula is C15H18N2O. The zero-order valence-electron chi connectivity index (χ0n) is 10.7. The van der Waals surface area contributed by atoms with E-state index in [9.17, 15) is 0 Å². The zero-order chi connectivity index (χ0) is 12.5. The number of benzene rings is 1. The van der Waals surface area contributed by atoms with Gasteiger partial charge in [-0.05, 0) is 31.7 Å². The molecule has 1 unspecified atom stereocenters. The molecule has 1 fully saturated rings. The molecule has 0 spiro atoms. The summed E-state index contributed by atoms with van der Waals surface area (Å²) in [5.41, 5.74) is 2.36. The first-order chi connectivity index (χ1) is 8.77. The third-order valence-electron chi connectivity index (χ3n) is 3.74. The second kappa shape index (κ2) is 4.59. The van der Waals surface area contributed by atoms with Crippen molar-refractivity contribution >= 4 is 0 Å². The first-order valence-electron chi connectivity index (χ1n) is 6.33. The molecule has 3 atom stereocenters. The molecule has 3 heteroatoms. The average molecular weight is 242 g/mol. The molecule has 1 aliphatic heterocycles. The van der Waals surface area contributed by atoms with Crippen molar-refractivity contribution in [1.82, 2.24) is 9.88 Å². The smallest absolute Gasteiger partial charge is 0.152 e. The van der Waals surface area contributed by atoms with E-state index >= 15 is 0 Å². The summed E-state index contributed by atoms with van der Waals surface area (Å²) in [7, 11) is 2.11. The number of hydrogen-bond donors (Lipinski definition) is 1. The largest absolute Gasteiger partial charge is 0.362 e. The van der Waals surface area contributed by atoms with Crippen molar-refractivity contribution in [2.75, 3.05) is 7.05 Å². The summed E-state index contributed by atoms with van der Waals surface area (Å²) in [6, 6.07) is 14.9. The van der Waals surface area contributed by atoms with Crippen LogP contribution in [0.25, 0.3) is 0 Å². The fraction of sp³-hybridized carbons (Fsp3) is 0.333. The van der Waals surface area contributed by atoms with E-state index in [1.54, 1.807) is 0 Å². The van der Waals surface area contributed by atoms with Gasteiger partial charge in [0, 0.05) is 12.2 Å². The van der Waals surface area contributed by atoms with Crippen molar-refractivity contribution in [3.05, 3.63) is 59.9 Å². The van der Waals surface area contributed by atoms with Gasteiger partial charge in [-0.25, -0.2) is 0 Å². The van der Waals surface area contributed by atoms with E-state index < -0.39 is 0 Å². The van der Waals surface area contributed by atoms with E-state index in [1.165, 1.54) is 5.56 Å². The highest BCUT2D eigenvalue weighted by Crippen LogP contribution is 2.40. The molecule has 1 aromatic carbocycles. The number of aromatic amines is 1. The molecule has 0 amide bonds. The van der Waals surface area contributed by atoms with Crippen molar-refractivity contribution < 1.29 is 4.74 Å². The van der Waals surface area contributed by atoms with E-state index in [4.69, 9.17) is 4.74 Å². The van der Waals surface area contributed by atoms with Crippen LogP contribution in [0.3, 0.4) is 0 Å². The molecule has 0 radical (unpaired) electrons. The third-order valence-corrected chi connectivity index (χ3v) is 3.74. The van der Waals surface area contributed by atoms with Crippen LogP contribution in [0.15, 0.2) is 48.7 Å². The number of H-pyrrole nitrogens is 1. The molecule has 2 aromatic rings. The highest BCUT2D eigenvalue weighted by Gasteiger charge is 2.38. The minimum atomic E-state index is 0.0141. The molecular weight excluding hydrogens is 224 g/mol. The second-order valence-corrected chi connectivity index (χ2v) is 4.85. The highest BCUT2D eigenvalue weighted by molar-refractivity contribution is 5.21. The Bertz CT molecular complexity index is 494. The SMILES string of the molecule is C[C@H]1[C@H](c2ccccc2)OC(c2ccc[nH]2)N1C. The van der Waals surface area contributed by atoms with Gasteiger partial charge in [-0.1, -0.05) is 30.3 Å². The van der Waals surface area contributed by atoms with Crippen LogP contribution in [-0.2, 0) is 4.74 Å². The van der Waals surface area contributed by atoms with Gasteiger partial charge in [-0.2, -0.15) is 0 Å².